The number of ether oxygens (including phenoxy) is 1. The van der Waals surface area contributed by atoms with Gasteiger partial charge in [0.15, 0.2) is 0 Å². The number of aliphatic hydroxyl groups is 1. The van der Waals surface area contributed by atoms with Crippen molar-refractivity contribution in [2.45, 2.75) is 39.5 Å². The lowest BCUT2D eigenvalue weighted by molar-refractivity contribution is 0.0966. The third kappa shape index (κ3) is 2.68. The van der Waals surface area contributed by atoms with Crippen molar-refractivity contribution < 1.29 is 14.6 Å². The Hall–Kier alpha value is -3.15. The number of hydrogen-bond donors (Lipinski definition) is 2. The van der Waals surface area contributed by atoms with Crippen molar-refractivity contribution in [3.63, 3.8) is 0 Å². The van der Waals surface area contributed by atoms with Crippen LogP contribution in [0.3, 0.4) is 0 Å². The van der Waals surface area contributed by atoms with Crippen LogP contribution >= 0.6 is 0 Å². The first kappa shape index (κ1) is 19.5. The number of fused-ring (bicyclic) bond motifs is 10. The Bertz CT molecular complexity index is 1400. The van der Waals surface area contributed by atoms with E-state index in [1.807, 2.05) is 6.92 Å². The Morgan fingerprint density at radius 2 is 2.00 bits per heavy atom. The lowest BCUT2D eigenvalue weighted by atomic mass is 9.92. The molecule has 0 unspecified atom stereocenters. The maximum Gasteiger partial charge on any atom is 0.252 e. The molecule has 0 radical (unpaired) electrons. The highest BCUT2D eigenvalue weighted by atomic mass is 16.5. The van der Waals surface area contributed by atoms with Crippen LogP contribution in [0.4, 0.5) is 0 Å². The fourth-order valence-corrected chi connectivity index (χ4v) is 5.60. The predicted octanol–water partition coefficient (Wildman–Crippen LogP) is 4.53. The van der Waals surface area contributed by atoms with Crippen LogP contribution in [-0.4, -0.2) is 28.8 Å². The van der Waals surface area contributed by atoms with Crippen LogP contribution in [0.5, 0.6) is 0 Å². The standard InChI is InChI=1S/C27H26N2O3/c1-2-32-15-16-8-9-22-19(12-16)24-21-14-28-27(31)25(21)23-18-7-4-3-6-17(18)13-20(23)26(24)29(22)10-5-11-30/h3-4,6-9,12,30H,2,5,10-11,13-15H2,1H3,(H,28,31). The van der Waals surface area contributed by atoms with Gasteiger partial charge in [0.1, 0.15) is 0 Å². The number of aromatic nitrogens is 1. The summed E-state index contributed by atoms with van der Waals surface area (Å²) in [6.07, 6.45) is 1.51. The normalized spacial score (nSPS) is 14.1. The zero-order valence-corrected chi connectivity index (χ0v) is 18.2. The van der Waals surface area contributed by atoms with E-state index in [4.69, 9.17) is 4.74 Å². The molecule has 1 amide bonds. The second-order valence-electron chi connectivity index (χ2n) is 8.66. The second-order valence-corrected chi connectivity index (χ2v) is 8.66. The monoisotopic (exact) mass is 426 g/mol. The molecule has 2 N–H and O–H groups in total. The summed E-state index contributed by atoms with van der Waals surface area (Å²) in [6.45, 7) is 4.70. The number of hydrogen-bond acceptors (Lipinski definition) is 3. The van der Waals surface area contributed by atoms with Gasteiger partial charge in [-0.3, -0.25) is 4.79 Å². The van der Waals surface area contributed by atoms with Gasteiger partial charge in [0.05, 0.1) is 17.7 Å². The number of nitrogens with zero attached hydrogens (tertiary/aromatic N) is 1. The minimum Gasteiger partial charge on any atom is -0.396 e. The molecule has 0 atom stereocenters. The lowest BCUT2D eigenvalue weighted by Gasteiger charge is -2.13. The topological polar surface area (TPSA) is 63.5 Å². The van der Waals surface area contributed by atoms with Gasteiger partial charge < -0.3 is 19.7 Å². The van der Waals surface area contributed by atoms with E-state index < -0.39 is 0 Å². The van der Waals surface area contributed by atoms with Crippen LogP contribution in [0, 0.1) is 0 Å². The van der Waals surface area contributed by atoms with E-state index in [2.05, 4.69) is 52.3 Å². The number of aliphatic hydroxyl groups excluding tert-OH is 1. The zero-order valence-electron chi connectivity index (χ0n) is 18.2. The molecule has 3 aromatic carbocycles. The molecule has 2 heterocycles. The summed E-state index contributed by atoms with van der Waals surface area (Å²) in [5.74, 6) is 0.0246. The van der Waals surface area contributed by atoms with Crippen LogP contribution in [0.15, 0.2) is 42.5 Å². The van der Waals surface area contributed by atoms with Crippen molar-refractivity contribution in [3.8, 4) is 11.1 Å². The highest BCUT2D eigenvalue weighted by Crippen LogP contribution is 2.48. The Morgan fingerprint density at radius 1 is 1.12 bits per heavy atom. The molecule has 2 aliphatic rings. The van der Waals surface area contributed by atoms with Gasteiger partial charge in [0.2, 0.25) is 0 Å². The molecule has 0 bridgehead atoms. The summed E-state index contributed by atoms with van der Waals surface area (Å²) in [5, 5.41) is 15.0. The van der Waals surface area contributed by atoms with Gasteiger partial charge in [0.25, 0.3) is 5.91 Å². The van der Waals surface area contributed by atoms with Crippen molar-refractivity contribution in [2.75, 3.05) is 13.2 Å². The molecule has 5 nitrogen and oxygen atoms in total. The van der Waals surface area contributed by atoms with Crippen LogP contribution in [0.2, 0.25) is 0 Å². The summed E-state index contributed by atoms with van der Waals surface area (Å²) in [7, 11) is 0. The Balaban J connectivity index is 1.74. The van der Waals surface area contributed by atoms with Crippen LogP contribution < -0.4 is 5.32 Å². The van der Waals surface area contributed by atoms with E-state index in [1.165, 1.54) is 33.0 Å². The molecule has 1 aliphatic heterocycles. The SMILES string of the molecule is CCOCc1ccc2c(c1)c1c3c(c4c(c1n2CCCO)Cc1ccccc1-4)C(=O)NC3. The number of rotatable bonds is 6. The molecule has 0 spiro atoms. The Labute approximate surface area is 186 Å². The van der Waals surface area contributed by atoms with E-state index in [9.17, 15) is 9.90 Å². The van der Waals surface area contributed by atoms with Gasteiger partial charge >= 0.3 is 0 Å². The summed E-state index contributed by atoms with van der Waals surface area (Å²) in [6, 6.07) is 15.0. The number of carbonyl (C=O) groups excluding carboxylic acids is 1. The van der Waals surface area contributed by atoms with E-state index in [-0.39, 0.29) is 12.5 Å². The maximum atomic E-state index is 13.0. The number of carbonyl (C=O) groups is 1. The summed E-state index contributed by atoms with van der Waals surface area (Å²) in [5.41, 5.74) is 10.2. The lowest BCUT2D eigenvalue weighted by Crippen LogP contribution is -2.13. The van der Waals surface area contributed by atoms with Crippen LogP contribution in [0.1, 0.15) is 46.0 Å². The molecule has 4 aromatic rings. The third-order valence-corrected chi connectivity index (χ3v) is 6.89. The van der Waals surface area contributed by atoms with Crippen molar-refractivity contribution in [2.24, 2.45) is 0 Å². The van der Waals surface area contributed by atoms with Gasteiger partial charge in [-0.15, -0.1) is 0 Å². The first-order valence-corrected chi connectivity index (χ1v) is 11.4. The van der Waals surface area contributed by atoms with E-state index >= 15 is 0 Å². The van der Waals surface area contributed by atoms with Crippen molar-refractivity contribution in [1.82, 2.24) is 9.88 Å². The fourth-order valence-electron chi connectivity index (χ4n) is 5.60. The predicted molar refractivity (Wildman–Crippen MR) is 126 cm³/mol. The van der Waals surface area contributed by atoms with Crippen molar-refractivity contribution >= 4 is 27.7 Å². The first-order valence-electron chi connectivity index (χ1n) is 11.4. The molecular formula is C27H26N2O3. The number of aryl methyl sites for hydroxylation is 1. The molecule has 0 saturated heterocycles. The first-order chi connectivity index (χ1) is 15.7. The van der Waals surface area contributed by atoms with E-state index in [0.717, 1.165) is 40.7 Å². The van der Waals surface area contributed by atoms with Crippen LogP contribution in [-0.2, 0) is 30.9 Å². The quantitative estimate of drug-likeness (QED) is 0.419. The second kappa shape index (κ2) is 7.47. The average molecular weight is 427 g/mol. The molecule has 0 saturated carbocycles. The van der Waals surface area contributed by atoms with Gasteiger partial charge in [-0.2, -0.15) is 0 Å². The van der Waals surface area contributed by atoms with E-state index in [0.29, 0.717) is 26.2 Å². The molecule has 162 valence electrons. The van der Waals surface area contributed by atoms with Gasteiger partial charge in [-0.25, -0.2) is 0 Å². The number of nitrogens with one attached hydrogen (secondary N) is 1. The fraction of sp³-hybridized carbons (Fsp3) is 0.296. The molecule has 1 aromatic heterocycles. The summed E-state index contributed by atoms with van der Waals surface area (Å²) < 4.78 is 8.03. The van der Waals surface area contributed by atoms with E-state index in [1.54, 1.807) is 0 Å². The third-order valence-electron chi connectivity index (χ3n) is 6.89. The van der Waals surface area contributed by atoms with Gasteiger partial charge in [0, 0.05) is 54.6 Å². The average Bonchev–Trinajstić information content (AvgIpc) is 3.47. The molecule has 1 aliphatic carbocycles. The largest absolute Gasteiger partial charge is 0.396 e. The summed E-state index contributed by atoms with van der Waals surface area (Å²) >= 11 is 0. The Kier molecular flexibility index (Phi) is 4.56. The smallest absolute Gasteiger partial charge is 0.252 e. The highest BCUT2D eigenvalue weighted by molar-refractivity contribution is 6.20. The van der Waals surface area contributed by atoms with Gasteiger partial charge in [-0.05, 0) is 53.3 Å². The minimum absolute atomic E-state index is 0.0246. The molecular weight excluding hydrogens is 400 g/mol. The maximum absolute atomic E-state index is 13.0. The van der Waals surface area contributed by atoms with Crippen molar-refractivity contribution in [1.29, 1.82) is 0 Å². The van der Waals surface area contributed by atoms with Crippen LogP contribution in [0.25, 0.3) is 32.9 Å². The summed E-state index contributed by atoms with van der Waals surface area (Å²) in [4.78, 5) is 13.0. The Morgan fingerprint density at radius 3 is 2.84 bits per heavy atom. The molecule has 32 heavy (non-hydrogen) atoms. The zero-order chi connectivity index (χ0) is 21.8. The van der Waals surface area contributed by atoms with Gasteiger partial charge in [-0.1, -0.05) is 30.3 Å². The number of amides is 1. The highest BCUT2D eigenvalue weighted by Gasteiger charge is 2.35. The molecule has 6 rings (SSSR count). The number of benzene rings is 3. The van der Waals surface area contributed by atoms with Crippen molar-refractivity contribution in [3.05, 3.63) is 70.3 Å². The molecule has 5 heteroatoms. The minimum atomic E-state index is 0.0246. The molecule has 0 fully saturated rings.